The molecule has 0 saturated carbocycles. The van der Waals surface area contributed by atoms with Gasteiger partial charge >= 0.3 is 6.09 Å². The highest BCUT2D eigenvalue weighted by molar-refractivity contribution is 6.04. The summed E-state index contributed by atoms with van der Waals surface area (Å²) < 4.78 is 5.22. The minimum Gasteiger partial charge on any atom is -0.465 e. The number of hydrogen-bond donors (Lipinski definition) is 2. The van der Waals surface area contributed by atoms with Crippen LogP contribution in [0.5, 0.6) is 0 Å². The molecule has 3 heterocycles. The third-order valence-corrected chi connectivity index (χ3v) is 6.81. The molecule has 2 saturated heterocycles. The number of amides is 3. The van der Waals surface area contributed by atoms with Crippen molar-refractivity contribution >= 4 is 23.6 Å². The number of aromatic nitrogens is 1. The number of carboxylic acid groups (broad SMARTS) is 1. The number of nitrogens with one attached hydrogen (secondary N) is 1. The first kappa shape index (κ1) is 25.6. The summed E-state index contributed by atoms with van der Waals surface area (Å²) in [4.78, 5) is 46.4. The lowest BCUT2D eigenvalue weighted by atomic mass is 9.87. The molecule has 1 aromatic carbocycles. The lowest BCUT2D eigenvalue weighted by Crippen LogP contribution is -2.52. The Hall–Kier alpha value is -3.46. The molecule has 3 amide bonds. The minimum absolute atomic E-state index is 0.0934. The van der Waals surface area contributed by atoms with E-state index in [2.05, 4.69) is 31.1 Å². The molecular formula is C27H34N4O5. The standard InChI is InChI=1S/C27H34N4O5/c1-27(2,3)20-8-10-21(11-9-20)31(25(33)22-7-5-13-30(22)26(34)35)23(19-6-4-12-28-15-19)24(32)29-14-18-16-36-17-18/h4,6,8-12,15,18,22-23H,5,7,13-14,16-17H2,1-3H3,(H,29,32)(H,34,35)/t22-,23?/m1/s1. The van der Waals surface area contributed by atoms with Crippen LogP contribution in [0.3, 0.4) is 0 Å². The van der Waals surface area contributed by atoms with Crippen molar-refractivity contribution in [3.63, 3.8) is 0 Å². The lowest BCUT2D eigenvalue weighted by Gasteiger charge is -2.35. The molecule has 2 N–H and O–H groups in total. The molecule has 4 rings (SSSR count). The zero-order valence-corrected chi connectivity index (χ0v) is 21.0. The summed E-state index contributed by atoms with van der Waals surface area (Å²) >= 11 is 0. The summed E-state index contributed by atoms with van der Waals surface area (Å²) in [6.45, 7) is 8.20. The van der Waals surface area contributed by atoms with E-state index in [4.69, 9.17) is 4.74 Å². The molecule has 0 radical (unpaired) electrons. The predicted octanol–water partition coefficient (Wildman–Crippen LogP) is 3.36. The van der Waals surface area contributed by atoms with Crippen molar-refractivity contribution in [2.24, 2.45) is 5.92 Å². The molecule has 1 aromatic heterocycles. The number of benzene rings is 1. The molecule has 36 heavy (non-hydrogen) atoms. The van der Waals surface area contributed by atoms with E-state index in [1.165, 1.54) is 9.80 Å². The lowest BCUT2D eigenvalue weighted by molar-refractivity contribution is -0.129. The van der Waals surface area contributed by atoms with Crippen LogP contribution in [0.2, 0.25) is 0 Å². The monoisotopic (exact) mass is 494 g/mol. The molecule has 9 nitrogen and oxygen atoms in total. The molecule has 9 heteroatoms. The second kappa shape index (κ2) is 10.7. The van der Waals surface area contributed by atoms with Gasteiger partial charge in [0.15, 0.2) is 0 Å². The zero-order chi connectivity index (χ0) is 25.9. The van der Waals surface area contributed by atoms with Crippen LogP contribution in [-0.4, -0.2) is 65.2 Å². The highest BCUT2D eigenvalue weighted by Crippen LogP contribution is 2.33. The molecule has 2 aromatic rings. The predicted molar refractivity (Wildman–Crippen MR) is 135 cm³/mol. The molecule has 192 valence electrons. The molecule has 0 spiro atoms. The fraction of sp³-hybridized carbons (Fsp3) is 0.481. The molecular weight excluding hydrogens is 460 g/mol. The van der Waals surface area contributed by atoms with E-state index in [0.29, 0.717) is 43.9 Å². The Labute approximate surface area is 211 Å². The van der Waals surface area contributed by atoms with Gasteiger partial charge in [-0.2, -0.15) is 0 Å². The van der Waals surface area contributed by atoms with Crippen LogP contribution in [0, 0.1) is 5.92 Å². The summed E-state index contributed by atoms with van der Waals surface area (Å²) in [6, 6.07) is 9.16. The Kier molecular flexibility index (Phi) is 7.59. The third kappa shape index (κ3) is 5.51. The summed E-state index contributed by atoms with van der Waals surface area (Å²) in [5, 5.41) is 12.7. The molecule has 1 unspecified atom stereocenters. The number of anilines is 1. The fourth-order valence-electron chi connectivity index (χ4n) is 4.64. The molecule has 0 bridgehead atoms. The maximum Gasteiger partial charge on any atom is 0.407 e. The number of likely N-dealkylation sites (tertiary alicyclic amines) is 1. The zero-order valence-electron chi connectivity index (χ0n) is 21.0. The van der Waals surface area contributed by atoms with Gasteiger partial charge in [0, 0.05) is 42.7 Å². The van der Waals surface area contributed by atoms with Gasteiger partial charge in [0.25, 0.3) is 5.91 Å². The first-order valence-electron chi connectivity index (χ1n) is 12.4. The van der Waals surface area contributed by atoms with Gasteiger partial charge in [0.05, 0.1) is 13.2 Å². The quantitative estimate of drug-likeness (QED) is 0.611. The largest absolute Gasteiger partial charge is 0.465 e. The Morgan fingerprint density at radius 1 is 1.19 bits per heavy atom. The second-order valence-electron chi connectivity index (χ2n) is 10.5. The maximum atomic E-state index is 14.1. The van der Waals surface area contributed by atoms with Gasteiger partial charge in [-0.1, -0.05) is 39.0 Å². The van der Waals surface area contributed by atoms with Gasteiger partial charge in [0.2, 0.25) is 5.91 Å². The SMILES string of the molecule is CC(C)(C)c1ccc(N(C(=O)[C@H]2CCCN2C(=O)O)C(C(=O)NCC2COC2)c2cccnc2)cc1. The van der Waals surface area contributed by atoms with E-state index in [0.717, 1.165) is 5.56 Å². The normalized spacial score (nSPS) is 18.9. The van der Waals surface area contributed by atoms with E-state index in [1.807, 2.05) is 24.3 Å². The van der Waals surface area contributed by atoms with Crippen LogP contribution in [0.4, 0.5) is 10.5 Å². The third-order valence-electron chi connectivity index (χ3n) is 6.81. The summed E-state index contributed by atoms with van der Waals surface area (Å²) in [7, 11) is 0. The number of rotatable bonds is 7. The van der Waals surface area contributed by atoms with Gasteiger partial charge in [-0.25, -0.2) is 4.79 Å². The Morgan fingerprint density at radius 3 is 2.47 bits per heavy atom. The maximum absolute atomic E-state index is 14.1. The number of carbonyl (C=O) groups excluding carboxylic acids is 2. The summed E-state index contributed by atoms with van der Waals surface area (Å²) in [5.41, 5.74) is 2.07. The van der Waals surface area contributed by atoms with Crippen molar-refractivity contribution in [2.45, 2.75) is 51.1 Å². The number of ether oxygens (including phenoxy) is 1. The minimum atomic E-state index is -1.14. The summed E-state index contributed by atoms with van der Waals surface area (Å²) in [6.07, 6.45) is 3.04. The van der Waals surface area contributed by atoms with Crippen molar-refractivity contribution in [3.05, 3.63) is 59.9 Å². The van der Waals surface area contributed by atoms with Crippen molar-refractivity contribution in [3.8, 4) is 0 Å². The van der Waals surface area contributed by atoms with Crippen molar-refractivity contribution in [1.29, 1.82) is 0 Å². The first-order valence-corrected chi connectivity index (χ1v) is 12.4. The number of hydrogen-bond acceptors (Lipinski definition) is 5. The van der Waals surface area contributed by atoms with E-state index < -0.39 is 24.1 Å². The van der Waals surface area contributed by atoms with Gasteiger partial charge in [-0.3, -0.25) is 24.4 Å². The average Bonchev–Trinajstić information content (AvgIpc) is 3.31. The van der Waals surface area contributed by atoms with E-state index >= 15 is 0 Å². The highest BCUT2D eigenvalue weighted by atomic mass is 16.5. The molecule has 2 aliphatic rings. The van der Waals surface area contributed by atoms with Crippen LogP contribution >= 0.6 is 0 Å². The van der Waals surface area contributed by atoms with Crippen molar-refractivity contribution in [2.75, 3.05) is 31.2 Å². The second-order valence-corrected chi connectivity index (χ2v) is 10.5. The fourth-order valence-corrected chi connectivity index (χ4v) is 4.64. The number of nitrogens with zero attached hydrogens (tertiary/aromatic N) is 3. The van der Waals surface area contributed by atoms with Crippen LogP contribution in [0.1, 0.15) is 50.8 Å². The topological polar surface area (TPSA) is 112 Å². The number of carbonyl (C=O) groups is 3. The van der Waals surface area contributed by atoms with Gasteiger partial charge in [0.1, 0.15) is 12.1 Å². The van der Waals surface area contributed by atoms with Crippen LogP contribution in [-0.2, 0) is 19.7 Å². The Balaban J connectivity index is 1.76. The van der Waals surface area contributed by atoms with Crippen molar-refractivity contribution in [1.82, 2.24) is 15.2 Å². The molecule has 2 fully saturated rings. The van der Waals surface area contributed by atoms with Crippen molar-refractivity contribution < 1.29 is 24.2 Å². The number of pyridine rings is 1. The molecule has 0 aliphatic carbocycles. The highest BCUT2D eigenvalue weighted by Gasteiger charge is 2.42. The summed E-state index contributed by atoms with van der Waals surface area (Å²) in [5.74, 6) is -0.534. The van der Waals surface area contributed by atoms with Gasteiger partial charge in [-0.15, -0.1) is 0 Å². The Morgan fingerprint density at radius 2 is 1.92 bits per heavy atom. The molecule has 2 aliphatic heterocycles. The van der Waals surface area contributed by atoms with E-state index in [9.17, 15) is 19.5 Å². The van der Waals surface area contributed by atoms with Crippen LogP contribution < -0.4 is 10.2 Å². The smallest absolute Gasteiger partial charge is 0.407 e. The van der Waals surface area contributed by atoms with Gasteiger partial charge in [-0.05, 0) is 42.0 Å². The van der Waals surface area contributed by atoms with E-state index in [-0.39, 0.29) is 23.8 Å². The van der Waals surface area contributed by atoms with Gasteiger partial charge < -0.3 is 15.2 Å². The Bertz CT molecular complexity index is 1080. The van der Waals surface area contributed by atoms with E-state index in [1.54, 1.807) is 24.5 Å². The first-order chi connectivity index (χ1) is 17.2. The molecule has 2 atom stereocenters. The van der Waals surface area contributed by atoms with Crippen LogP contribution in [0.15, 0.2) is 48.8 Å². The average molecular weight is 495 g/mol. The van der Waals surface area contributed by atoms with Crippen LogP contribution in [0.25, 0.3) is 0 Å².